The molecule has 1 saturated heterocycles. The van der Waals surface area contributed by atoms with Gasteiger partial charge in [0, 0.05) is 25.7 Å². The number of nitrogens with one attached hydrogen (secondary N) is 1. The van der Waals surface area contributed by atoms with Gasteiger partial charge in [-0.25, -0.2) is 15.1 Å². The number of fused-ring (bicyclic) bond motifs is 2. The SMILES string of the molecule is CCn1c(N2CCCC(N)C2)nc2c(C)nn(CC3=NNC(=O)c4ccccc4O3)c(=O)c21. The zero-order valence-corrected chi connectivity index (χ0v) is 18.6. The smallest absolute Gasteiger partial charge is 0.293 e. The summed E-state index contributed by atoms with van der Waals surface area (Å²) in [6.07, 6.45) is 1.97. The van der Waals surface area contributed by atoms with Crippen LogP contribution >= 0.6 is 0 Å². The molecular formula is C22H26N8O3. The van der Waals surface area contributed by atoms with E-state index >= 15 is 0 Å². The number of hydrazone groups is 1. The fraction of sp³-hybridized carbons (Fsp3) is 0.409. The van der Waals surface area contributed by atoms with Crippen LogP contribution in [0.2, 0.25) is 0 Å². The molecule has 2 aliphatic heterocycles. The molecule has 33 heavy (non-hydrogen) atoms. The Kier molecular flexibility index (Phi) is 5.33. The molecule has 3 aromatic rings. The Bertz CT molecular complexity index is 1330. The topological polar surface area (TPSA) is 133 Å². The van der Waals surface area contributed by atoms with E-state index in [-0.39, 0.29) is 30.0 Å². The van der Waals surface area contributed by atoms with Crippen LogP contribution in [0, 0.1) is 6.92 Å². The lowest BCUT2D eigenvalue weighted by Crippen LogP contribution is -2.44. The lowest BCUT2D eigenvalue weighted by Gasteiger charge is -2.31. The molecule has 0 spiro atoms. The first kappa shape index (κ1) is 21.1. The van der Waals surface area contributed by atoms with E-state index in [1.165, 1.54) is 4.68 Å². The van der Waals surface area contributed by atoms with Crippen LogP contribution in [-0.2, 0) is 13.1 Å². The Hall–Kier alpha value is -3.73. The maximum atomic E-state index is 13.5. The van der Waals surface area contributed by atoms with Crippen molar-refractivity contribution in [1.29, 1.82) is 0 Å². The van der Waals surface area contributed by atoms with Crippen LogP contribution in [0.25, 0.3) is 11.0 Å². The largest absolute Gasteiger partial charge is 0.439 e. The summed E-state index contributed by atoms with van der Waals surface area (Å²) < 4.78 is 9.06. The first-order chi connectivity index (χ1) is 16.0. The number of para-hydroxylation sites is 1. The normalized spacial score (nSPS) is 18.4. The molecular weight excluding hydrogens is 424 g/mol. The highest BCUT2D eigenvalue weighted by molar-refractivity contribution is 5.99. The number of piperidine rings is 1. The highest BCUT2D eigenvalue weighted by atomic mass is 16.5. The van der Waals surface area contributed by atoms with E-state index < -0.39 is 0 Å². The third-order valence-electron chi connectivity index (χ3n) is 5.98. The van der Waals surface area contributed by atoms with Gasteiger partial charge < -0.3 is 19.9 Å². The predicted octanol–water partition coefficient (Wildman–Crippen LogP) is 0.985. The van der Waals surface area contributed by atoms with Gasteiger partial charge >= 0.3 is 0 Å². The van der Waals surface area contributed by atoms with Crippen LogP contribution < -0.4 is 26.4 Å². The summed E-state index contributed by atoms with van der Waals surface area (Å²) in [7, 11) is 0. The molecule has 11 nitrogen and oxygen atoms in total. The lowest BCUT2D eigenvalue weighted by molar-refractivity contribution is 0.0955. The predicted molar refractivity (Wildman–Crippen MR) is 124 cm³/mol. The summed E-state index contributed by atoms with van der Waals surface area (Å²) in [6, 6.07) is 6.93. The number of hydrogen-bond donors (Lipinski definition) is 2. The van der Waals surface area contributed by atoms with Crippen LogP contribution in [0.5, 0.6) is 5.75 Å². The molecule has 0 saturated carbocycles. The zero-order chi connectivity index (χ0) is 23.1. The molecule has 4 heterocycles. The number of aryl methyl sites for hydroxylation is 2. The minimum atomic E-state index is -0.374. The molecule has 1 unspecified atom stereocenters. The molecule has 1 amide bonds. The minimum absolute atomic E-state index is 0.0386. The molecule has 1 atom stereocenters. The molecule has 172 valence electrons. The number of ether oxygens (including phenoxy) is 1. The molecule has 0 bridgehead atoms. The van der Waals surface area contributed by atoms with Crippen molar-refractivity contribution in [2.75, 3.05) is 18.0 Å². The third kappa shape index (κ3) is 3.74. The number of imidazole rings is 1. The molecule has 3 N–H and O–H groups in total. The number of rotatable bonds is 4. The number of benzene rings is 1. The number of amides is 1. The quantitative estimate of drug-likeness (QED) is 0.605. The van der Waals surface area contributed by atoms with Crippen molar-refractivity contribution < 1.29 is 9.53 Å². The Morgan fingerprint density at radius 1 is 1.27 bits per heavy atom. The van der Waals surface area contributed by atoms with Gasteiger partial charge in [-0.2, -0.15) is 5.10 Å². The Labute approximate surface area is 189 Å². The first-order valence-corrected chi connectivity index (χ1v) is 11.1. The second-order valence-electron chi connectivity index (χ2n) is 8.29. The van der Waals surface area contributed by atoms with Crippen LogP contribution in [0.3, 0.4) is 0 Å². The number of anilines is 1. The van der Waals surface area contributed by atoms with Crippen LogP contribution in [0.4, 0.5) is 5.95 Å². The van der Waals surface area contributed by atoms with Crippen molar-refractivity contribution in [2.45, 2.75) is 45.8 Å². The van der Waals surface area contributed by atoms with Crippen LogP contribution in [0.1, 0.15) is 35.8 Å². The molecule has 0 aliphatic carbocycles. The minimum Gasteiger partial charge on any atom is -0.439 e. The summed E-state index contributed by atoms with van der Waals surface area (Å²) in [6.45, 7) is 5.90. The number of hydrogen-bond acceptors (Lipinski definition) is 8. The Balaban J connectivity index is 1.54. The van der Waals surface area contributed by atoms with Crippen molar-refractivity contribution in [3.05, 3.63) is 45.9 Å². The molecule has 1 aromatic carbocycles. The average Bonchev–Trinajstić information content (AvgIpc) is 3.14. The van der Waals surface area contributed by atoms with Gasteiger partial charge in [-0.15, -0.1) is 5.10 Å². The number of carbonyl (C=O) groups excluding carboxylic acids is 1. The fourth-order valence-electron chi connectivity index (χ4n) is 4.41. The lowest BCUT2D eigenvalue weighted by atomic mass is 10.1. The van der Waals surface area contributed by atoms with Gasteiger partial charge in [0.2, 0.25) is 11.8 Å². The van der Waals surface area contributed by atoms with Gasteiger partial charge in [0.05, 0.1) is 11.3 Å². The van der Waals surface area contributed by atoms with E-state index in [9.17, 15) is 9.59 Å². The van der Waals surface area contributed by atoms with Crippen molar-refractivity contribution in [1.82, 2.24) is 24.8 Å². The molecule has 2 aromatic heterocycles. The first-order valence-electron chi connectivity index (χ1n) is 11.1. The van der Waals surface area contributed by atoms with Crippen molar-refractivity contribution in [2.24, 2.45) is 10.8 Å². The molecule has 5 rings (SSSR count). The van der Waals surface area contributed by atoms with Gasteiger partial charge in [-0.05, 0) is 38.8 Å². The second kappa shape index (κ2) is 8.32. The van der Waals surface area contributed by atoms with Crippen molar-refractivity contribution >= 4 is 28.8 Å². The van der Waals surface area contributed by atoms with E-state index in [0.29, 0.717) is 41.1 Å². The molecule has 2 aliphatic rings. The number of nitrogens with two attached hydrogens (primary N) is 1. The summed E-state index contributed by atoms with van der Waals surface area (Å²) in [5, 5.41) is 8.51. The number of aromatic nitrogens is 4. The van der Waals surface area contributed by atoms with E-state index in [4.69, 9.17) is 15.5 Å². The second-order valence-corrected chi connectivity index (χ2v) is 8.29. The van der Waals surface area contributed by atoms with E-state index in [0.717, 1.165) is 25.3 Å². The van der Waals surface area contributed by atoms with Gasteiger partial charge in [-0.1, -0.05) is 12.1 Å². The highest BCUT2D eigenvalue weighted by Gasteiger charge is 2.26. The van der Waals surface area contributed by atoms with Crippen LogP contribution in [0.15, 0.2) is 34.2 Å². The van der Waals surface area contributed by atoms with Gasteiger partial charge in [0.15, 0.2) is 0 Å². The average molecular weight is 451 g/mol. The third-order valence-corrected chi connectivity index (χ3v) is 5.98. The standard InChI is InChI=1S/C22H26N8O3/c1-3-29-19-18(24-22(29)28-10-6-7-14(23)11-28)13(2)27-30(21(19)32)12-17-25-26-20(31)15-8-4-5-9-16(15)33-17/h4-5,8-9,14H,3,6-7,10-12,23H2,1-2H3,(H,26,31). The Morgan fingerprint density at radius 2 is 2.09 bits per heavy atom. The monoisotopic (exact) mass is 450 g/mol. The number of nitrogens with zero attached hydrogens (tertiary/aromatic N) is 6. The molecule has 0 radical (unpaired) electrons. The summed E-state index contributed by atoms with van der Waals surface area (Å²) in [4.78, 5) is 32.7. The molecule has 1 fully saturated rings. The summed E-state index contributed by atoms with van der Waals surface area (Å²) in [5.41, 5.74) is 10.4. The highest BCUT2D eigenvalue weighted by Crippen LogP contribution is 2.25. The Morgan fingerprint density at radius 3 is 2.88 bits per heavy atom. The van der Waals surface area contributed by atoms with Gasteiger partial charge in [0.1, 0.15) is 23.3 Å². The van der Waals surface area contributed by atoms with E-state index in [1.807, 2.05) is 18.4 Å². The van der Waals surface area contributed by atoms with Gasteiger partial charge in [0.25, 0.3) is 11.5 Å². The van der Waals surface area contributed by atoms with Crippen LogP contribution in [-0.4, -0.2) is 50.3 Å². The fourth-order valence-corrected chi connectivity index (χ4v) is 4.41. The molecule has 11 heteroatoms. The van der Waals surface area contributed by atoms with Crippen molar-refractivity contribution in [3.63, 3.8) is 0 Å². The van der Waals surface area contributed by atoms with Crippen molar-refractivity contribution in [3.8, 4) is 5.75 Å². The number of carbonyl (C=O) groups is 1. The maximum Gasteiger partial charge on any atom is 0.293 e. The summed E-state index contributed by atoms with van der Waals surface area (Å²) in [5.74, 6) is 0.901. The summed E-state index contributed by atoms with van der Waals surface area (Å²) >= 11 is 0. The van der Waals surface area contributed by atoms with E-state index in [2.05, 4.69) is 20.5 Å². The zero-order valence-electron chi connectivity index (χ0n) is 18.6. The van der Waals surface area contributed by atoms with Gasteiger partial charge in [-0.3, -0.25) is 9.59 Å². The van der Waals surface area contributed by atoms with E-state index in [1.54, 1.807) is 24.3 Å². The maximum absolute atomic E-state index is 13.5.